The lowest BCUT2D eigenvalue weighted by Crippen LogP contribution is -2.29. The van der Waals surface area contributed by atoms with Crippen LogP contribution in [0.5, 0.6) is 0 Å². The average molecular weight is 328 g/mol. The second-order valence-corrected chi connectivity index (χ2v) is 6.28. The van der Waals surface area contributed by atoms with E-state index in [9.17, 15) is 10.1 Å². The smallest absolute Gasteiger partial charge is 0.275 e. The number of nitro groups is 1. The molecule has 0 saturated carbocycles. The van der Waals surface area contributed by atoms with Gasteiger partial charge in [-0.1, -0.05) is 29.8 Å². The number of hydrogen-bond acceptors (Lipinski definition) is 4. The fourth-order valence-corrected chi connectivity index (χ4v) is 3.92. The number of aromatic nitrogens is 1. The molecule has 0 fully saturated rings. The summed E-state index contributed by atoms with van der Waals surface area (Å²) in [6.07, 6.45) is 8.61. The van der Waals surface area contributed by atoms with Crippen molar-refractivity contribution in [2.75, 3.05) is 5.32 Å². The van der Waals surface area contributed by atoms with Gasteiger partial charge in [-0.15, -0.1) is 0 Å². The van der Waals surface area contributed by atoms with Gasteiger partial charge >= 0.3 is 0 Å². The molecule has 0 unspecified atom stereocenters. The molecule has 5 nitrogen and oxygen atoms in total. The van der Waals surface area contributed by atoms with Gasteiger partial charge in [0.1, 0.15) is 0 Å². The molecule has 1 N–H and O–H groups in total. The third kappa shape index (κ3) is 2.19. The Hall–Kier alpha value is -2.40. The van der Waals surface area contributed by atoms with E-state index >= 15 is 0 Å². The summed E-state index contributed by atoms with van der Waals surface area (Å²) < 4.78 is 0. The van der Waals surface area contributed by atoms with Gasteiger partial charge in [0, 0.05) is 24.4 Å². The molecule has 0 spiro atoms. The van der Waals surface area contributed by atoms with Crippen LogP contribution in [0.15, 0.2) is 48.8 Å². The second-order valence-electron chi connectivity index (χ2n) is 5.87. The molecule has 3 atom stereocenters. The van der Waals surface area contributed by atoms with Crippen molar-refractivity contribution in [2.45, 2.75) is 18.4 Å². The van der Waals surface area contributed by atoms with Crippen LogP contribution in [0, 0.1) is 16.0 Å². The standard InChI is InChI=1S/C17H14ClN3O2/c18-13-6-7-14(21(22)23)15-11-4-1-5-12(11)16(20-17(13)15)10-3-2-8-19-9-10/h1-4,6-9,11-12,16,20H,5H2/t11-,12-,16+/m1/s1. The molecule has 1 aliphatic heterocycles. The molecule has 116 valence electrons. The van der Waals surface area contributed by atoms with Crippen LogP contribution in [0.2, 0.25) is 5.02 Å². The predicted octanol–water partition coefficient (Wildman–Crippen LogP) is 4.47. The first-order valence-electron chi connectivity index (χ1n) is 7.46. The lowest BCUT2D eigenvalue weighted by molar-refractivity contribution is -0.385. The summed E-state index contributed by atoms with van der Waals surface area (Å²) >= 11 is 6.34. The molecule has 2 aliphatic rings. The number of pyridine rings is 1. The van der Waals surface area contributed by atoms with Crippen molar-refractivity contribution in [1.82, 2.24) is 4.98 Å². The number of nitrogens with zero attached hydrogens (tertiary/aromatic N) is 2. The normalized spacial score (nSPS) is 24.7. The molecule has 0 bridgehead atoms. The first kappa shape index (κ1) is 14.2. The van der Waals surface area contributed by atoms with Crippen molar-refractivity contribution >= 4 is 23.0 Å². The van der Waals surface area contributed by atoms with Gasteiger partial charge in [-0.3, -0.25) is 15.1 Å². The van der Waals surface area contributed by atoms with E-state index in [0.717, 1.165) is 12.0 Å². The molecule has 4 rings (SSSR count). The topological polar surface area (TPSA) is 68.1 Å². The van der Waals surface area contributed by atoms with E-state index in [1.54, 1.807) is 12.3 Å². The summed E-state index contributed by atoms with van der Waals surface area (Å²) in [5.74, 6) is 0.222. The monoisotopic (exact) mass is 327 g/mol. The minimum absolute atomic E-state index is 0.00411. The number of nitro benzene ring substituents is 1. The zero-order valence-corrected chi connectivity index (χ0v) is 12.9. The highest BCUT2D eigenvalue weighted by Gasteiger charge is 2.42. The number of anilines is 1. The van der Waals surface area contributed by atoms with Gasteiger partial charge in [-0.25, -0.2) is 0 Å². The summed E-state index contributed by atoms with van der Waals surface area (Å²) in [4.78, 5) is 15.3. The number of fused-ring (bicyclic) bond motifs is 3. The molecule has 6 heteroatoms. The third-order valence-electron chi connectivity index (χ3n) is 4.69. The highest BCUT2D eigenvalue weighted by atomic mass is 35.5. The number of benzene rings is 1. The Morgan fingerprint density at radius 1 is 1.35 bits per heavy atom. The summed E-state index contributed by atoms with van der Waals surface area (Å²) in [6, 6.07) is 7.05. The summed E-state index contributed by atoms with van der Waals surface area (Å²) in [7, 11) is 0. The number of rotatable bonds is 2. The van der Waals surface area contributed by atoms with E-state index in [4.69, 9.17) is 11.6 Å². The SMILES string of the molecule is O=[N+]([O-])c1ccc(Cl)c2c1[C@@H]1C=CC[C@H]1[C@H](c1cccnc1)N2. The van der Waals surface area contributed by atoms with Gasteiger partial charge < -0.3 is 5.32 Å². The van der Waals surface area contributed by atoms with Crippen molar-refractivity contribution in [3.8, 4) is 0 Å². The zero-order chi connectivity index (χ0) is 16.0. The van der Waals surface area contributed by atoms with Gasteiger partial charge in [0.25, 0.3) is 5.69 Å². The fraction of sp³-hybridized carbons (Fsp3) is 0.235. The van der Waals surface area contributed by atoms with Crippen LogP contribution in [0.25, 0.3) is 0 Å². The molecule has 0 saturated heterocycles. The zero-order valence-electron chi connectivity index (χ0n) is 12.1. The Labute approximate surface area is 138 Å². The van der Waals surface area contributed by atoms with Gasteiger partial charge in [-0.2, -0.15) is 0 Å². The van der Waals surface area contributed by atoms with Crippen LogP contribution in [0.4, 0.5) is 11.4 Å². The highest BCUT2D eigenvalue weighted by molar-refractivity contribution is 6.33. The maximum atomic E-state index is 11.4. The molecule has 2 aromatic rings. The quantitative estimate of drug-likeness (QED) is 0.502. The Kier molecular flexibility index (Phi) is 3.31. The Morgan fingerprint density at radius 2 is 2.22 bits per heavy atom. The predicted molar refractivity (Wildman–Crippen MR) is 88.7 cm³/mol. The van der Waals surface area contributed by atoms with Gasteiger partial charge in [-0.05, 0) is 30.0 Å². The number of halogens is 1. The van der Waals surface area contributed by atoms with Crippen LogP contribution < -0.4 is 5.32 Å². The first-order valence-corrected chi connectivity index (χ1v) is 7.84. The molecule has 0 amide bonds. The lowest BCUT2D eigenvalue weighted by atomic mass is 9.76. The van der Waals surface area contributed by atoms with E-state index in [1.165, 1.54) is 6.07 Å². The summed E-state index contributed by atoms with van der Waals surface area (Å²) in [6.45, 7) is 0. The van der Waals surface area contributed by atoms with E-state index in [2.05, 4.69) is 22.5 Å². The van der Waals surface area contributed by atoms with Crippen LogP contribution in [-0.4, -0.2) is 9.91 Å². The molecule has 0 radical (unpaired) electrons. The number of allylic oxidation sites excluding steroid dienone is 2. The fourth-order valence-electron chi connectivity index (χ4n) is 3.70. The molecule has 23 heavy (non-hydrogen) atoms. The number of nitrogens with one attached hydrogen (secondary N) is 1. The maximum absolute atomic E-state index is 11.4. The Bertz CT molecular complexity index is 807. The molecule has 1 aromatic heterocycles. The molecule has 1 aromatic carbocycles. The minimum Gasteiger partial charge on any atom is -0.376 e. The van der Waals surface area contributed by atoms with E-state index in [0.29, 0.717) is 16.3 Å². The van der Waals surface area contributed by atoms with Crippen molar-refractivity contribution in [2.24, 2.45) is 5.92 Å². The van der Waals surface area contributed by atoms with Crippen molar-refractivity contribution < 1.29 is 4.92 Å². The number of hydrogen-bond donors (Lipinski definition) is 1. The lowest BCUT2D eigenvalue weighted by Gasteiger charge is -2.37. The van der Waals surface area contributed by atoms with E-state index in [1.807, 2.05) is 18.3 Å². The molecular weight excluding hydrogens is 314 g/mol. The molecule has 1 aliphatic carbocycles. The molecule has 2 heterocycles. The molecular formula is C17H14ClN3O2. The van der Waals surface area contributed by atoms with E-state index in [-0.39, 0.29) is 28.5 Å². The van der Waals surface area contributed by atoms with Crippen LogP contribution in [0.1, 0.15) is 29.5 Å². The minimum atomic E-state index is -0.329. The Morgan fingerprint density at radius 3 is 2.96 bits per heavy atom. The van der Waals surface area contributed by atoms with Crippen LogP contribution in [-0.2, 0) is 0 Å². The van der Waals surface area contributed by atoms with E-state index < -0.39 is 0 Å². The van der Waals surface area contributed by atoms with Gasteiger partial charge in [0.05, 0.1) is 27.2 Å². The van der Waals surface area contributed by atoms with Crippen molar-refractivity contribution in [3.63, 3.8) is 0 Å². The van der Waals surface area contributed by atoms with Gasteiger partial charge in [0.15, 0.2) is 0 Å². The Balaban J connectivity index is 1.89. The van der Waals surface area contributed by atoms with Crippen molar-refractivity contribution in [1.29, 1.82) is 0 Å². The third-order valence-corrected chi connectivity index (χ3v) is 5.00. The largest absolute Gasteiger partial charge is 0.376 e. The average Bonchev–Trinajstić information content (AvgIpc) is 3.05. The highest BCUT2D eigenvalue weighted by Crippen LogP contribution is 2.54. The summed E-state index contributed by atoms with van der Waals surface area (Å²) in [5.41, 5.74) is 2.56. The van der Waals surface area contributed by atoms with Crippen LogP contribution >= 0.6 is 11.6 Å². The first-order chi connectivity index (χ1) is 11.2. The maximum Gasteiger partial charge on any atom is 0.275 e. The van der Waals surface area contributed by atoms with Crippen molar-refractivity contribution in [3.05, 3.63) is 75.1 Å². The summed E-state index contributed by atoms with van der Waals surface area (Å²) in [5, 5.41) is 15.4. The van der Waals surface area contributed by atoms with Crippen LogP contribution in [0.3, 0.4) is 0 Å². The van der Waals surface area contributed by atoms with Gasteiger partial charge in [0.2, 0.25) is 0 Å². The second kappa shape index (κ2) is 5.35.